The van der Waals surface area contributed by atoms with Crippen molar-refractivity contribution < 1.29 is 9.90 Å². The monoisotopic (exact) mass is 353 g/mol. The Bertz CT molecular complexity index is 445. The number of urea groups is 1. The minimum absolute atomic E-state index is 0.132. The molecule has 5 nitrogen and oxygen atoms in total. The molecule has 146 valence electrons. The fourth-order valence-corrected chi connectivity index (χ4v) is 4.90. The zero-order valence-electron chi connectivity index (χ0n) is 17.0. The molecule has 0 bridgehead atoms. The van der Waals surface area contributed by atoms with Gasteiger partial charge in [-0.25, -0.2) is 4.79 Å². The molecule has 0 aromatic heterocycles. The van der Waals surface area contributed by atoms with E-state index >= 15 is 0 Å². The van der Waals surface area contributed by atoms with Crippen LogP contribution in [-0.2, 0) is 0 Å². The Balaban J connectivity index is 1.76. The summed E-state index contributed by atoms with van der Waals surface area (Å²) in [4.78, 5) is 16.3. The van der Waals surface area contributed by atoms with Gasteiger partial charge in [-0.05, 0) is 54.9 Å². The van der Waals surface area contributed by atoms with Gasteiger partial charge in [0.25, 0.3) is 0 Å². The van der Waals surface area contributed by atoms with Gasteiger partial charge in [-0.2, -0.15) is 0 Å². The number of carbonyl (C=O) groups is 1. The van der Waals surface area contributed by atoms with Crippen LogP contribution in [-0.4, -0.2) is 60.4 Å². The number of hydrogen-bond acceptors (Lipinski definition) is 3. The van der Waals surface area contributed by atoms with Gasteiger partial charge in [0.05, 0.1) is 0 Å². The van der Waals surface area contributed by atoms with Crippen molar-refractivity contribution in [3.63, 3.8) is 0 Å². The van der Waals surface area contributed by atoms with Crippen molar-refractivity contribution in [2.75, 3.05) is 39.5 Å². The lowest BCUT2D eigenvalue weighted by molar-refractivity contribution is 0.161. The summed E-state index contributed by atoms with van der Waals surface area (Å²) in [6.07, 6.45) is 4.90. The molecule has 2 rings (SSSR count). The molecule has 0 saturated carbocycles. The summed E-state index contributed by atoms with van der Waals surface area (Å²) >= 11 is 0. The van der Waals surface area contributed by atoms with E-state index in [9.17, 15) is 4.79 Å². The molecule has 25 heavy (non-hydrogen) atoms. The van der Waals surface area contributed by atoms with Gasteiger partial charge in [0.15, 0.2) is 0 Å². The van der Waals surface area contributed by atoms with Gasteiger partial charge in [-0.15, -0.1) is 0 Å². The third kappa shape index (κ3) is 6.78. The molecule has 0 spiro atoms. The van der Waals surface area contributed by atoms with Gasteiger partial charge < -0.3 is 20.2 Å². The Morgan fingerprint density at radius 1 is 1.04 bits per heavy atom. The molecule has 2 aliphatic heterocycles. The van der Waals surface area contributed by atoms with Crippen LogP contribution < -0.4 is 5.32 Å². The van der Waals surface area contributed by atoms with E-state index in [2.05, 4.69) is 44.8 Å². The molecule has 2 saturated heterocycles. The quantitative estimate of drug-likeness (QED) is 0.721. The van der Waals surface area contributed by atoms with Crippen LogP contribution in [0.15, 0.2) is 0 Å². The van der Waals surface area contributed by atoms with E-state index in [1.54, 1.807) is 0 Å². The van der Waals surface area contributed by atoms with Crippen molar-refractivity contribution in [1.29, 1.82) is 0 Å². The highest BCUT2D eigenvalue weighted by atomic mass is 16.3. The molecule has 2 amide bonds. The fourth-order valence-electron chi connectivity index (χ4n) is 4.90. The molecule has 1 unspecified atom stereocenters. The van der Waals surface area contributed by atoms with Gasteiger partial charge in [-0.3, -0.25) is 0 Å². The number of amides is 2. The number of nitrogens with zero attached hydrogens (tertiary/aromatic N) is 2. The lowest BCUT2D eigenvalue weighted by atomic mass is 9.81. The maximum Gasteiger partial charge on any atom is 0.319 e. The maximum atomic E-state index is 11.8. The summed E-state index contributed by atoms with van der Waals surface area (Å²) in [7, 11) is 0. The largest absolute Gasteiger partial charge is 0.376 e. The lowest BCUT2D eigenvalue weighted by Crippen LogP contribution is -2.39. The Labute approximate surface area is 154 Å². The summed E-state index contributed by atoms with van der Waals surface area (Å²) in [5.74, 6) is 1.42. The van der Waals surface area contributed by atoms with Crippen LogP contribution in [0.5, 0.6) is 0 Å². The predicted octanol–water partition coefficient (Wildman–Crippen LogP) is 3.14. The summed E-state index contributed by atoms with van der Waals surface area (Å²) < 4.78 is 0. The molecule has 0 aliphatic carbocycles. The third-order valence-electron chi connectivity index (χ3n) is 5.57. The molecule has 0 aromatic carbocycles. The van der Waals surface area contributed by atoms with E-state index in [0.717, 1.165) is 38.4 Å². The maximum absolute atomic E-state index is 11.8. The van der Waals surface area contributed by atoms with E-state index < -0.39 is 0 Å². The Hall–Kier alpha value is -0.810. The number of aliphatic hydroxyl groups excluding tert-OH is 1. The number of hydrogen-bond donors (Lipinski definition) is 2. The van der Waals surface area contributed by atoms with Gasteiger partial charge in [0, 0.05) is 26.2 Å². The SMILES string of the molecule is CC(C)(C)C[C@H]1CCN(CC(C)(C)CC2CCN(C(=O)NCO)C2)C1. The average Bonchev–Trinajstić information content (AvgIpc) is 3.06. The third-order valence-corrected chi connectivity index (χ3v) is 5.57. The second-order valence-corrected chi connectivity index (χ2v) is 10.3. The van der Waals surface area contributed by atoms with E-state index in [1.165, 1.54) is 25.9 Å². The minimum atomic E-state index is -0.282. The van der Waals surface area contributed by atoms with Gasteiger partial charge in [0.1, 0.15) is 6.73 Å². The lowest BCUT2D eigenvalue weighted by Gasteiger charge is -2.33. The van der Waals surface area contributed by atoms with E-state index in [0.29, 0.717) is 11.3 Å². The van der Waals surface area contributed by atoms with Crippen LogP contribution in [0.4, 0.5) is 4.79 Å². The second kappa shape index (κ2) is 8.26. The van der Waals surface area contributed by atoms with Crippen molar-refractivity contribution in [1.82, 2.24) is 15.1 Å². The van der Waals surface area contributed by atoms with Crippen molar-refractivity contribution in [2.24, 2.45) is 22.7 Å². The molecule has 2 aliphatic rings. The summed E-state index contributed by atoms with van der Waals surface area (Å²) in [5.41, 5.74) is 0.712. The smallest absolute Gasteiger partial charge is 0.319 e. The molecule has 0 radical (unpaired) electrons. The first kappa shape index (κ1) is 20.5. The topological polar surface area (TPSA) is 55.8 Å². The number of aliphatic hydroxyl groups is 1. The van der Waals surface area contributed by atoms with Crippen LogP contribution >= 0.6 is 0 Å². The highest BCUT2D eigenvalue weighted by Crippen LogP contribution is 2.35. The Morgan fingerprint density at radius 3 is 2.32 bits per heavy atom. The zero-order chi connectivity index (χ0) is 18.7. The number of rotatable bonds is 6. The Morgan fingerprint density at radius 2 is 1.68 bits per heavy atom. The average molecular weight is 354 g/mol. The van der Waals surface area contributed by atoms with Crippen LogP contribution in [0.1, 0.15) is 60.3 Å². The molecule has 2 heterocycles. The predicted molar refractivity (Wildman–Crippen MR) is 102 cm³/mol. The van der Waals surface area contributed by atoms with E-state index in [1.807, 2.05) is 4.90 Å². The van der Waals surface area contributed by atoms with Gasteiger partial charge in [-0.1, -0.05) is 34.6 Å². The second-order valence-electron chi connectivity index (χ2n) is 10.3. The Kier molecular flexibility index (Phi) is 6.77. The van der Waals surface area contributed by atoms with Crippen LogP contribution in [0.3, 0.4) is 0 Å². The molecule has 2 N–H and O–H groups in total. The zero-order valence-corrected chi connectivity index (χ0v) is 17.0. The first-order valence-corrected chi connectivity index (χ1v) is 9.94. The fraction of sp³-hybridized carbons (Fsp3) is 0.950. The summed E-state index contributed by atoms with van der Waals surface area (Å²) in [5, 5.41) is 11.3. The molecular weight excluding hydrogens is 314 g/mol. The van der Waals surface area contributed by atoms with Crippen molar-refractivity contribution in [2.45, 2.75) is 60.3 Å². The van der Waals surface area contributed by atoms with Crippen LogP contribution in [0.2, 0.25) is 0 Å². The number of likely N-dealkylation sites (tertiary alicyclic amines) is 2. The first-order chi connectivity index (χ1) is 11.6. The highest BCUT2D eigenvalue weighted by molar-refractivity contribution is 5.74. The van der Waals surface area contributed by atoms with Crippen LogP contribution in [0, 0.1) is 22.7 Å². The first-order valence-electron chi connectivity index (χ1n) is 9.94. The minimum Gasteiger partial charge on any atom is -0.376 e. The number of nitrogens with one attached hydrogen (secondary N) is 1. The van der Waals surface area contributed by atoms with E-state index in [4.69, 9.17) is 5.11 Å². The highest BCUT2D eigenvalue weighted by Gasteiger charge is 2.34. The van der Waals surface area contributed by atoms with Crippen molar-refractivity contribution >= 4 is 6.03 Å². The van der Waals surface area contributed by atoms with Crippen LogP contribution in [0.25, 0.3) is 0 Å². The molecule has 0 aromatic rings. The number of carbonyl (C=O) groups excluding carboxylic acids is 1. The summed E-state index contributed by atoms with van der Waals surface area (Å²) in [6.45, 7) is 16.8. The van der Waals surface area contributed by atoms with Gasteiger partial charge >= 0.3 is 6.03 Å². The van der Waals surface area contributed by atoms with Crippen molar-refractivity contribution in [3.05, 3.63) is 0 Å². The molecule has 5 heteroatoms. The normalized spacial score (nSPS) is 25.6. The van der Waals surface area contributed by atoms with Crippen molar-refractivity contribution in [3.8, 4) is 0 Å². The molecular formula is C20H39N3O2. The molecule has 2 fully saturated rings. The van der Waals surface area contributed by atoms with Gasteiger partial charge in [0.2, 0.25) is 0 Å². The standard InChI is InChI=1S/C20H39N3O2/c1-19(2,3)10-16-6-8-22(12-16)14-20(4,5)11-17-7-9-23(13-17)18(25)21-15-24/h16-17,24H,6-15H2,1-5H3,(H,21,25)/t16-,17?/m1/s1. The molecule has 2 atom stereocenters. The van der Waals surface area contributed by atoms with E-state index in [-0.39, 0.29) is 18.2 Å². The summed E-state index contributed by atoms with van der Waals surface area (Å²) in [6, 6.07) is -0.132.